The minimum atomic E-state index is -1.43. The Labute approximate surface area is 110 Å². The van der Waals surface area contributed by atoms with E-state index in [2.05, 4.69) is 17.0 Å². The molecule has 0 unspecified atom stereocenters. The van der Waals surface area contributed by atoms with Gasteiger partial charge in [0.25, 0.3) is 0 Å². The first kappa shape index (κ1) is 11.7. The van der Waals surface area contributed by atoms with Gasteiger partial charge in [0.05, 0.1) is 0 Å². The fourth-order valence-electron chi connectivity index (χ4n) is 2.59. The van der Waals surface area contributed by atoms with Gasteiger partial charge in [-0.15, -0.1) is 0 Å². The lowest BCUT2D eigenvalue weighted by Gasteiger charge is -2.11. The van der Waals surface area contributed by atoms with Crippen LogP contribution in [0.5, 0.6) is 0 Å². The third-order valence-corrected chi connectivity index (χ3v) is 3.33. The molecule has 0 atom stereocenters. The van der Waals surface area contributed by atoms with E-state index in [0.29, 0.717) is 0 Å². The van der Waals surface area contributed by atoms with Gasteiger partial charge in [0.15, 0.2) is 0 Å². The Morgan fingerprint density at radius 2 is 1.53 bits per heavy atom. The van der Waals surface area contributed by atoms with Crippen LogP contribution in [0.2, 0.25) is 0 Å². The van der Waals surface area contributed by atoms with Crippen molar-refractivity contribution in [3.8, 4) is 11.1 Å². The van der Waals surface area contributed by atoms with Crippen LogP contribution in [0.15, 0.2) is 48.5 Å². The Hall–Kier alpha value is -2.33. The Kier molecular flexibility index (Phi) is 2.93. The van der Waals surface area contributed by atoms with Crippen molar-refractivity contribution in [1.82, 2.24) is 0 Å². The highest BCUT2D eigenvalue weighted by molar-refractivity contribution is 5.78. The molecule has 1 aliphatic carbocycles. The van der Waals surface area contributed by atoms with Crippen molar-refractivity contribution in [3.05, 3.63) is 59.7 Å². The topological polar surface area (TPSA) is 55.8 Å². The van der Waals surface area contributed by atoms with Crippen LogP contribution in [0.25, 0.3) is 11.1 Å². The molecule has 96 valence electrons. The first-order chi connectivity index (χ1) is 9.27. The summed E-state index contributed by atoms with van der Waals surface area (Å²) in [7, 11) is 0. The summed E-state index contributed by atoms with van der Waals surface area (Å²) in [4.78, 5) is 19.3. The van der Waals surface area contributed by atoms with Gasteiger partial charge in [0.1, 0.15) is 6.61 Å². The minimum Gasteiger partial charge on any atom is -0.448 e. The second-order valence-electron chi connectivity index (χ2n) is 4.36. The third-order valence-electron chi connectivity index (χ3n) is 3.33. The van der Waals surface area contributed by atoms with Gasteiger partial charge in [-0.1, -0.05) is 48.5 Å². The molecule has 0 bridgehead atoms. The molecule has 0 amide bonds. The zero-order chi connectivity index (χ0) is 13.2. The van der Waals surface area contributed by atoms with E-state index in [0.717, 1.165) is 11.1 Å². The van der Waals surface area contributed by atoms with Gasteiger partial charge in [-0.05, 0) is 22.3 Å². The molecular weight excluding hydrogens is 244 g/mol. The standard InChI is InChI=1S/C15H12O4/c16-15(17)19-18-9-14-12-7-3-1-5-10(12)11-6-2-4-8-13(11)14/h1-8,14H,9H2,(H,16,17). The third kappa shape index (κ3) is 2.06. The molecule has 19 heavy (non-hydrogen) atoms. The van der Waals surface area contributed by atoms with E-state index in [1.807, 2.05) is 36.4 Å². The number of hydrogen-bond donors (Lipinski definition) is 1. The average molecular weight is 256 g/mol. The maximum atomic E-state index is 10.3. The van der Waals surface area contributed by atoms with Gasteiger partial charge in [-0.2, -0.15) is 4.89 Å². The smallest absolute Gasteiger partial charge is 0.448 e. The predicted molar refractivity (Wildman–Crippen MR) is 68.8 cm³/mol. The van der Waals surface area contributed by atoms with Crippen LogP contribution in [-0.2, 0) is 9.78 Å². The molecule has 0 heterocycles. The molecule has 2 aromatic rings. The van der Waals surface area contributed by atoms with Gasteiger partial charge in [0.2, 0.25) is 0 Å². The molecule has 0 saturated heterocycles. The molecule has 0 saturated carbocycles. The SMILES string of the molecule is O=C(O)OOCC1c2ccccc2-c2ccccc21. The molecule has 4 heteroatoms. The summed E-state index contributed by atoms with van der Waals surface area (Å²) >= 11 is 0. The lowest BCUT2D eigenvalue weighted by molar-refractivity contribution is -0.252. The number of benzene rings is 2. The molecular formula is C15H12O4. The van der Waals surface area contributed by atoms with Crippen LogP contribution >= 0.6 is 0 Å². The molecule has 0 aromatic heterocycles. The quantitative estimate of drug-likeness (QED) is 0.675. The van der Waals surface area contributed by atoms with Crippen molar-refractivity contribution in [3.63, 3.8) is 0 Å². The molecule has 0 fully saturated rings. The van der Waals surface area contributed by atoms with Crippen LogP contribution in [0, 0.1) is 0 Å². The fourth-order valence-corrected chi connectivity index (χ4v) is 2.59. The minimum absolute atomic E-state index is 0.00625. The van der Waals surface area contributed by atoms with Crippen LogP contribution < -0.4 is 0 Å². The van der Waals surface area contributed by atoms with E-state index in [-0.39, 0.29) is 12.5 Å². The van der Waals surface area contributed by atoms with Crippen molar-refractivity contribution in [2.75, 3.05) is 6.61 Å². The monoisotopic (exact) mass is 256 g/mol. The second kappa shape index (κ2) is 4.74. The average Bonchev–Trinajstić information content (AvgIpc) is 2.74. The van der Waals surface area contributed by atoms with Gasteiger partial charge >= 0.3 is 6.16 Å². The molecule has 2 aromatic carbocycles. The van der Waals surface area contributed by atoms with Crippen molar-refractivity contribution in [2.45, 2.75) is 5.92 Å². The van der Waals surface area contributed by atoms with Gasteiger partial charge in [-0.25, -0.2) is 4.79 Å². The van der Waals surface area contributed by atoms with E-state index in [1.165, 1.54) is 11.1 Å². The molecule has 1 N–H and O–H groups in total. The van der Waals surface area contributed by atoms with Crippen molar-refractivity contribution >= 4 is 6.16 Å². The van der Waals surface area contributed by atoms with Crippen LogP contribution in [0.4, 0.5) is 4.79 Å². The second-order valence-corrected chi connectivity index (χ2v) is 4.36. The van der Waals surface area contributed by atoms with Crippen LogP contribution in [0.1, 0.15) is 17.0 Å². The maximum Gasteiger partial charge on any atom is 0.537 e. The lowest BCUT2D eigenvalue weighted by Crippen LogP contribution is -2.10. The number of rotatable bonds is 3. The van der Waals surface area contributed by atoms with Crippen molar-refractivity contribution < 1.29 is 19.7 Å². The fraction of sp³-hybridized carbons (Fsp3) is 0.133. The molecule has 1 aliphatic rings. The van der Waals surface area contributed by atoms with E-state index in [4.69, 9.17) is 9.99 Å². The lowest BCUT2D eigenvalue weighted by atomic mass is 9.98. The Bertz CT molecular complexity index is 576. The summed E-state index contributed by atoms with van der Waals surface area (Å²) in [5, 5.41) is 8.43. The molecule has 0 spiro atoms. The summed E-state index contributed by atoms with van der Waals surface area (Å²) in [5.74, 6) is 0.00625. The summed E-state index contributed by atoms with van der Waals surface area (Å²) in [6.45, 7) is 0.181. The van der Waals surface area contributed by atoms with Gasteiger partial charge < -0.3 is 5.11 Å². The summed E-state index contributed by atoms with van der Waals surface area (Å²) in [6.07, 6.45) is -1.43. The zero-order valence-corrected chi connectivity index (χ0v) is 10.1. The van der Waals surface area contributed by atoms with E-state index >= 15 is 0 Å². The van der Waals surface area contributed by atoms with E-state index in [1.54, 1.807) is 0 Å². The molecule has 0 radical (unpaired) electrons. The Morgan fingerprint density at radius 3 is 2.05 bits per heavy atom. The van der Waals surface area contributed by atoms with Gasteiger partial charge in [0, 0.05) is 5.92 Å². The first-order valence-electron chi connectivity index (χ1n) is 5.98. The molecule has 3 rings (SSSR count). The molecule has 4 nitrogen and oxygen atoms in total. The van der Waals surface area contributed by atoms with Crippen LogP contribution in [0.3, 0.4) is 0 Å². The summed E-state index contributed by atoms with van der Waals surface area (Å²) in [6, 6.07) is 16.1. The number of hydrogen-bond acceptors (Lipinski definition) is 3. The largest absolute Gasteiger partial charge is 0.537 e. The summed E-state index contributed by atoms with van der Waals surface area (Å²) < 4.78 is 0. The highest BCUT2D eigenvalue weighted by atomic mass is 17.2. The highest BCUT2D eigenvalue weighted by Crippen LogP contribution is 2.44. The van der Waals surface area contributed by atoms with Gasteiger partial charge in [-0.3, -0.25) is 4.89 Å². The predicted octanol–water partition coefficient (Wildman–Crippen LogP) is 3.43. The Balaban J connectivity index is 1.93. The van der Waals surface area contributed by atoms with Crippen LogP contribution in [-0.4, -0.2) is 17.9 Å². The normalized spacial score (nSPS) is 12.8. The highest BCUT2D eigenvalue weighted by Gasteiger charge is 2.28. The zero-order valence-electron chi connectivity index (χ0n) is 10.1. The number of carbonyl (C=O) groups is 1. The van der Waals surface area contributed by atoms with E-state index < -0.39 is 6.16 Å². The van der Waals surface area contributed by atoms with Crippen molar-refractivity contribution in [1.29, 1.82) is 0 Å². The number of carboxylic acid groups (broad SMARTS) is 1. The summed E-state index contributed by atoms with van der Waals surface area (Å²) in [5.41, 5.74) is 4.61. The maximum absolute atomic E-state index is 10.3. The number of fused-ring (bicyclic) bond motifs is 3. The molecule has 0 aliphatic heterocycles. The van der Waals surface area contributed by atoms with E-state index in [9.17, 15) is 4.79 Å². The first-order valence-corrected chi connectivity index (χ1v) is 5.98. The van der Waals surface area contributed by atoms with Crippen molar-refractivity contribution in [2.24, 2.45) is 0 Å². The Morgan fingerprint density at radius 1 is 1.00 bits per heavy atom.